The van der Waals surface area contributed by atoms with Gasteiger partial charge < -0.3 is 29.5 Å². The maximum atomic E-state index is 12.5. The Hall–Kier alpha value is -5.31. The predicted molar refractivity (Wildman–Crippen MR) is 135 cm³/mol. The third kappa shape index (κ3) is 8.15. The van der Waals surface area contributed by atoms with Crippen molar-refractivity contribution >= 4 is 36.1 Å². The Bertz CT molecular complexity index is 1380. The number of carboxylic acid groups (broad SMARTS) is 1. The first-order valence-corrected chi connectivity index (χ1v) is 10.7. The number of aromatic hydroxyl groups is 2. The number of benzene rings is 3. The maximum absolute atomic E-state index is 12.5. The highest BCUT2D eigenvalue weighted by Crippen LogP contribution is 2.30. The van der Waals surface area contributed by atoms with Gasteiger partial charge in [0, 0.05) is 18.2 Å². The summed E-state index contributed by atoms with van der Waals surface area (Å²) in [6.07, 6.45) is 7.40. The van der Waals surface area contributed by atoms with Crippen molar-refractivity contribution in [2.24, 2.45) is 0 Å². The van der Waals surface area contributed by atoms with Gasteiger partial charge >= 0.3 is 17.9 Å². The Morgan fingerprint density at radius 3 is 1.78 bits per heavy atom. The average molecular weight is 502 g/mol. The number of carboxylic acids is 1. The summed E-state index contributed by atoms with van der Waals surface area (Å²) < 4.78 is 15.7. The topological polar surface area (TPSA) is 140 Å². The molecule has 0 aromatic heterocycles. The highest BCUT2D eigenvalue weighted by molar-refractivity contribution is 5.91. The third-order valence-electron chi connectivity index (χ3n) is 4.73. The largest absolute Gasteiger partial charge is 0.508 e. The van der Waals surface area contributed by atoms with E-state index in [1.54, 1.807) is 18.2 Å². The molecule has 3 rings (SSSR count). The summed E-state index contributed by atoms with van der Waals surface area (Å²) in [7, 11) is 1.39. The summed E-state index contributed by atoms with van der Waals surface area (Å²) in [6.45, 7) is 0. The molecule has 9 nitrogen and oxygen atoms in total. The van der Waals surface area contributed by atoms with Gasteiger partial charge in [-0.2, -0.15) is 0 Å². The normalized spacial score (nSPS) is 11.2. The number of rotatable bonds is 9. The van der Waals surface area contributed by atoms with Crippen LogP contribution in [-0.4, -0.2) is 40.3 Å². The van der Waals surface area contributed by atoms with Crippen molar-refractivity contribution in [2.75, 3.05) is 7.11 Å². The zero-order valence-electron chi connectivity index (χ0n) is 19.5. The van der Waals surface area contributed by atoms with Crippen LogP contribution < -0.4 is 14.2 Å². The van der Waals surface area contributed by atoms with E-state index in [9.17, 15) is 24.6 Å². The lowest BCUT2D eigenvalue weighted by molar-refractivity contribution is -0.131. The van der Waals surface area contributed by atoms with Crippen LogP contribution in [0.4, 0.5) is 0 Å². The van der Waals surface area contributed by atoms with E-state index in [1.165, 1.54) is 67.8 Å². The molecule has 0 spiro atoms. The van der Waals surface area contributed by atoms with Gasteiger partial charge in [-0.05, 0) is 71.3 Å². The fraction of sp³-hybridized carbons (Fsp3) is 0.0357. The van der Waals surface area contributed by atoms with Crippen LogP contribution in [0.25, 0.3) is 18.2 Å². The minimum Gasteiger partial charge on any atom is -0.508 e. The number of hydrogen-bond donors (Lipinski definition) is 3. The minimum atomic E-state index is -1.17. The Balaban J connectivity index is 1.79. The SMILES string of the molecule is COc1cc(C=CC(=O)Oc2cc(C=CC(=O)O)ccc2OC(=O)C=Cc2ccc(O)cc2)ccc1O. The molecule has 0 saturated heterocycles. The molecule has 9 heteroatoms. The molecule has 188 valence electrons. The van der Waals surface area contributed by atoms with Crippen LogP contribution >= 0.6 is 0 Å². The second kappa shape index (κ2) is 12.4. The molecule has 0 fully saturated rings. The molecule has 0 saturated carbocycles. The van der Waals surface area contributed by atoms with E-state index in [4.69, 9.17) is 19.3 Å². The summed E-state index contributed by atoms with van der Waals surface area (Å²) >= 11 is 0. The van der Waals surface area contributed by atoms with E-state index in [-0.39, 0.29) is 28.7 Å². The standard InChI is InChI=1S/C28H22O9/c1-35-24-16-19(4-11-22(24)30)8-15-28(34)37-25-17-20(6-13-26(31)32)5-12-23(25)36-27(33)14-7-18-2-9-21(29)10-3-18/h2-17,29-30H,1H3,(H,31,32). The highest BCUT2D eigenvalue weighted by atomic mass is 16.6. The van der Waals surface area contributed by atoms with Crippen LogP contribution in [0.5, 0.6) is 28.7 Å². The van der Waals surface area contributed by atoms with E-state index >= 15 is 0 Å². The lowest BCUT2D eigenvalue weighted by atomic mass is 10.2. The lowest BCUT2D eigenvalue weighted by Crippen LogP contribution is -2.09. The van der Waals surface area contributed by atoms with Crippen LogP contribution in [0.1, 0.15) is 16.7 Å². The van der Waals surface area contributed by atoms with Crippen molar-refractivity contribution in [2.45, 2.75) is 0 Å². The summed E-state index contributed by atoms with van der Waals surface area (Å²) in [4.78, 5) is 35.7. The van der Waals surface area contributed by atoms with E-state index in [1.807, 2.05) is 0 Å². The summed E-state index contributed by atoms with van der Waals surface area (Å²) in [6, 6.07) is 14.8. The van der Waals surface area contributed by atoms with Crippen molar-refractivity contribution in [1.82, 2.24) is 0 Å². The van der Waals surface area contributed by atoms with E-state index in [0.717, 1.165) is 18.2 Å². The van der Waals surface area contributed by atoms with Gasteiger partial charge in [0.15, 0.2) is 23.0 Å². The number of ether oxygens (including phenoxy) is 3. The fourth-order valence-corrected chi connectivity index (χ4v) is 2.96. The van der Waals surface area contributed by atoms with Crippen LogP contribution in [0, 0.1) is 0 Å². The number of phenolic OH excluding ortho intramolecular Hbond substituents is 2. The summed E-state index contributed by atoms with van der Waals surface area (Å²) in [5.41, 5.74) is 1.58. The number of methoxy groups -OCH3 is 1. The molecule has 0 radical (unpaired) electrons. The number of esters is 2. The van der Waals surface area contributed by atoms with E-state index in [2.05, 4.69) is 0 Å². The zero-order chi connectivity index (χ0) is 26.8. The Morgan fingerprint density at radius 1 is 0.649 bits per heavy atom. The van der Waals surface area contributed by atoms with E-state index in [0.29, 0.717) is 16.7 Å². The smallest absolute Gasteiger partial charge is 0.336 e. The Morgan fingerprint density at radius 2 is 1.16 bits per heavy atom. The number of carbonyl (C=O) groups is 3. The van der Waals surface area contributed by atoms with Crippen molar-refractivity contribution < 1.29 is 43.9 Å². The van der Waals surface area contributed by atoms with Crippen molar-refractivity contribution in [3.63, 3.8) is 0 Å². The molecule has 0 bridgehead atoms. The molecular formula is C28H22O9. The number of carbonyl (C=O) groups excluding carboxylic acids is 2. The Kier molecular flexibility index (Phi) is 8.82. The van der Waals surface area contributed by atoms with Gasteiger partial charge in [-0.3, -0.25) is 0 Å². The van der Waals surface area contributed by atoms with Crippen LogP contribution in [-0.2, 0) is 14.4 Å². The van der Waals surface area contributed by atoms with Gasteiger partial charge in [0.2, 0.25) is 0 Å². The second-order valence-corrected chi connectivity index (χ2v) is 7.41. The number of hydrogen-bond acceptors (Lipinski definition) is 8. The highest BCUT2D eigenvalue weighted by Gasteiger charge is 2.13. The first-order chi connectivity index (χ1) is 17.7. The van der Waals surface area contributed by atoms with Gasteiger partial charge in [-0.25, -0.2) is 14.4 Å². The molecule has 0 aliphatic heterocycles. The van der Waals surface area contributed by atoms with Gasteiger partial charge in [-0.15, -0.1) is 0 Å². The summed E-state index contributed by atoms with van der Waals surface area (Å²) in [5, 5.41) is 27.9. The molecule has 0 aliphatic rings. The van der Waals surface area contributed by atoms with Crippen LogP contribution in [0.2, 0.25) is 0 Å². The molecule has 37 heavy (non-hydrogen) atoms. The van der Waals surface area contributed by atoms with Gasteiger partial charge in [0.1, 0.15) is 5.75 Å². The van der Waals surface area contributed by atoms with Crippen LogP contribution in [0.3, 0.4) is 0 Å². The van der Waals surface area contributed by atoms with Crippen molar-refractivity contribution in [3.8, 4) is 28.7 Å². The quantitative estimate of drug-likeness (QED) is 0.220. The van der Waals surface area contributed by atoms with Gasteiger partial charge in [0.05, 0.1) is 7.11 Å². The van der Waals surface area contributed by atoms with Gasteiger partial charge in [-0.1, -0.05) is 24.3 Å². The average Bonchev–Trinajstić information content (AvgIpc) is 2.88. The van der Waals surface area contributed by atoms with Crippen molar-refractivity contribution in [1.29, 1.82) is 0 Å². The molecule has 3 N–H and O–H groups in total. The maximum Gasteiger partial charge on any atom is 0.336 e. The molecule has 0 unspecified atom stereocenters. The molecule has 0 amide bonds. The fourth-order valence-electron chi connectivity index (χ4n) is 2.96. The molecule has 0 atom stereocenters. The van der Waals surface area contributed by atoms with Gasteiger partial charge in [0.25, 0.3) is 0 Å². The van der Waals surface area contributed by atoms with E-state index < -0.39 is 17.9 Å². The molecular weight excluding hydrogens is 480 g/mol. The molecule has 0 heterocycles. The lowest BCUT2D eigenvalue weighted by Gasteiger charge is -2.10. The van der Waals surface area contributed by atoms with Crippen molar-refractivity contribution in [3.05, 3.63) is 95.6 Å². The molecule has 3 aromatic rings. The first-order valence-electron chi connectivity index (χ1n) is 10.7. The molecule has 0 aliphatic carbocycles. The predicted octanol–water partition coefficient (Wildman–Crippen LogP) is 4.44. The number of aliphatic carboxylic acids is 1. The van der Waals surface area contributed by atoms with Crippen LogP contribution in [0.15, 0.2) is 78.9 Å². The Labute approximate surface area is 211 Å². The molecule has 3 aromatic carbocycles. The number of phenols is 2. The second-order valence-electron chi connectivity index (χ2n) is 7.41. The summed E-state index contributed by atoms with van der Waals surface area (Å²) in [5.74, 6) is -2.66. The third-order valence-corrected chi connectivity index (χ3v) is 4.73. The monoisotopic (exact) mass is 502 g/mol. The minimum absolute atomic E-state index is 0.0561. The zero-order valence-corrected chi connectivity index (χ0v) is 19.5. The first kappa shape index (κ1) is 26.3.